The van der Waals surface area contributed by atoms with Crippen LogP contribution in [0.3, 0.4) is 0 Å². The maximum absolute atomic E-state index is 13.0. The predicted molar refractivity (Wildman–Crippen MR) is 73.5 cm³/mol. The van der Waals surface area contributed by atoms with Crippen molar-refractivity contribution in [3.8, 4) is 5.64 Å². The van der Waals surface area contributed by atoms with Gasteiger partial charge < -0.3 is 0 Å². The molecule has 20 heavy (non-hydrogen) atoms. The second kappa shape index (κ2) is 6.70. The molecule has 4 nitrogen and oxygen atoms in total. The Morgan fingerprint density at radius 2 is 2.15 bits per heavy atom. The quantitative estimate of drug-likeness (QED) is 0.785. The average molecular weight is 271 g/mol. The topological polar surface area (TPSA) is 55.7 Å². The van der Waals surface area contributed by atoms with Crippen LogP contribution in [0.25, 0.3) is 0 Å². The van der Waals surface area contributed by atoms with Crippen molar-refractivity contribution in [3.05, 3.63) is 64.2 Å². The van der Waals surface area contributed by atoms with Gasteiger partial charge in [-0.3, -0.25) is 0 Å². The van der Waals surface area contributed by atoms with Gasteiger partial charge in [0.15, 0.2) is 0 Å². The van der Waals surface area contributed by atoms with E-state index in [0.717, 1.165) is 5.56 Å². The zero-order valence-corrected chi connectivity index (χ0v) is 10.6. The van der Waals surface area contributed by atoms with Crippen LogP contribution in [0.5, 0.6) is 5.64 Å². The van der Waals surface area contributed by atoms with Crippen LogP contribution in [0.15, 0.2) is 47.5 Å². The molecule has 0 saturated carbocycles. The van der Waals surface area contributed by atoms with Gasteiger partial charge in [0.1, 0.15) is 0 Å². The van der Waals surface area contributed by atoms with Crippen molar-refractivity contribution >= 4 is 12.8 Å². The van der Waals surface area contributed by atoms with E-state index >= 15 is 0 Å². The van der Waals surface area contributed by atoms with Crippen LogP contribution in [-0.4, -0.2) is 19.4 Å². The first-order valence-electron chi connectivity index (χ1n) is 6.04. The van der Waals surface area contributed by atoms with Crippen LogP contribution in [0.4, 0.5) is 4.39 Å². The summed E-state index contributed by atoms with van der Waals surface area (Å²) in [5.41, 5.74) is 1.48. The van der Waals surface area contributed by atoms with Crippen molar-refractivity contribution in [3.63, 3.8) is 0 Å². The summed E-state index contributed by atoms with van der Waals surface area (Å²) in [7, 11) is 0. The number of hydrogen-bond acceptors (Lipinski definition) is 3. The third-order valence-corrected chi connectivity index (χ3v) is 2.71. The van der Waals surface area contributed by atoms with Crippen molar-refractivity contribution in [1.29, 1.82) is 0 Å². The van der Waals surface area contributed by atoms with E-state index in [9.17, 15) is 14.1 Å². The first-order chi connectivity index (χ1) is 9.69. The van der Waals surface area contributed by atoms with E-state index in [4.69, 9.17) is 4.74 Å². The maximum atomic E-state index is 13.0. The second-order valence-electron chi connectivity index (χ2n) is 4.15. The van der Waals surface area contributed by atoms with Gasteiger partial charge >= 0.3 is 115 Å². The molecule has 0 aliphatic heterocycles. The molecule has 0 saturated heterocycles. The number of nitroso groups, excluding NO2 is 1. The van der Waals surface area contributed by atoms with Crippen LogP contribution in [0.1, 0.15) is 15.9 Å². The fourth-order valence-electron chi connectivity index (χ4n) is 1.75. The summed E-state index contributed by atoms with van der Waals surface area (Å²) in [5, 5.41) is 2.35. The summed E-state index contributed by atoms with van der Waals surface area (Å²) >= 11 is 0. The zero-order valence-electron chi connectivity index (χ0n) is 10.6. The molecule has 1 heterocycles. The Morgan fingerprint density at radius 3 is 2.90 bits per heavy atom. The molecule has 1 amide bonds. The molecule has 2 rings (SSSR count). The number of hydrogen-bond donors (Lipinski definition) is 0. The Morgan fingerprint density at radius 1 is 1.30 bits per heavy atom. The standard InChI is InChI=1S/C14H11BFNO3/c16-12-3-1-2-10(8-12)5-7-20-13-9-11(4-6-15-13)14(18)17-19/h1-4,6,8-9H,5,7H2. The summed E-state index contributed by atoms with van der Waals surface area (Å²) in [6, 6.07) is 9.21. The Bertz CT molecular complexity index is 633. The van der Waals surface area contributed by atoms with Crippen LogP contribution in [0.2, 0.25) is 0 Å². The normalized spacial score (nSPS) is 9.85. The van der Waals surface area contributed by atoms with E-state index < -0.39 is 5.91 Å². The van der Waals surface area contributed by atoms with Gasteiger partial charge in [-0.05, 0) is 0 Å². The number of nitrogens with zero attached hydrogens (tertiary/aromatic N) is 1. The van der Waals surface area contributed by atoms with Crippen molar-refractivity contribution in [2.45, 2.75) is 6.42 Å². The van der Waals surface area contributed by atoms with E-state index in [1.54, 1.807) is 18.9 Å². The van der Waals surface area contributed by atoms with E-state index in [2.05, 4.69) is 5.18 Å². The second-order valence-corrected chi connectivity index (χ2v) is 4.15. The molecule has 0 radical (unpaired) electrons. The Balaban J connectivity index is 1.94. The van der Waals surface area contributed by atoms with Crippen LogP contribution >= 0.6 is 0 Å². The number of amides is 1. The molecular formula is C14H11BFNO3. The van der Waals surface area contributed by atoms with E-state index in [0.29, 0.717) is 18.7 Å². The van der Waals surface area contributed by atoms with Crippen LogP contribution < -0.4 is 4.74 Å². The molecular weight excluding hydrogens is 260 g/mol. The molecule has 0 N–H and O–H groups in total. The third kappa shape index (κ3) is 3.81. The van der Waals surface area contributed by atoms with Gasteiger partial charge in [0, 0.05) is 0 Å². The van der Waals surface area contributed by atoms with Gasteiger partial charge in [-0.1, -0.05) is 0 Å². The number of carbonyl (C=O) groups excluding carboxylic acids is 1. The van der Waals surface area contributed by atoms with Gasteiger partial charge in [0.2, 0.25) is 0 Å². The monoisotopic (exact) mass is 271 g/mol. The van der Waals surface area contributed by atoms with Crippen molar-refractivity contribution in [1.82, 2.24) is 0 Å². The Kier molecular flexibility index (Phi) is 4.71. The predicted octanol–water partition coefficient (Wildman–Crippen LogP) is 2.69. The first-order valence-corrected chi connectivity index (χ1v) is 6.04. The summed E-state index contributed by atoms with van der Waals surface area (Å²) < 4.78 is 18.4. The SMILES string of the molecule is O=NC(=O)c1ccbc(OCCc2cccc(F)c2)c1. The summed E-state index contributed by atoms with van der Waals surface area (Å²) in [6.07, 6.45) is 0.544. The number of halogens is 1. The van der Waals surface area contributed by atoms with Gasteiger partial charge in [-0.15, -0.1) is 0 Å². The molecule has 1 aromatic heterocycles. The Labute approximate surface area is 115 Å². The molecule has 1 aromatic carbocycles. The summed E-state index contributed by atoms with van der Waals surface area (Å²) in [5.74, 6) is 0.489. The van der Waals surface area contributed by atoms with Gasteiger partial charge in [0.25, 0.3) is 0 Å². The third-order valence-electron chi connectivity index (χ3n) is 2.71. The van der Waals surface area contributed by atoms with Crippen LogP contribution in [0, 0.1) is 10.7 Å². The van der Waals surface area contributed by atoms with E-state index in [-0.39, 0.29) is 11.4 Å². The number of rotatable bonds is 5. The van der Waals surface area contributed by atoms with E-state index in [1.807, 2.05) is 6.07 Å². The molecule has 6 heteroatoms. The minimum absolute atomic E-state index is 0.184. The summed E-state index contributed by atoms with van der Waals surface area (Å²) in [4.78, 5) is 21.3. The number of carbonyl (C=O) groups is 1. The minimum atomic E-state index is -0.833. The summed E-state index contributed by atoms with van der Waals surface area (Å²) in [6.45, 7) is 2.02. The van der Waals surface area contributed by atoms with Crippen molar-refractivity contribution in [2.24, 2.45) is 5.18 Å². The molecule has 0 fully saturated rings. The Hall–Kier alpha value is -2.37. The van der Waals surface area contributed by atoms with E-state index in [1.165, 1.54) is 24.3 Å². The molecule has 0 spiro atoms. The van der Waals surface area contributed by atoms with Crippen molar-refractivity contribution < 1.29 is 13.9 Å². The molecule has 2 aromatic rings. The van der Waals surface area contributed by atoms with Crippen LogP contribution in [-0.2, 0) is 6.42 Å². The molecule has 0 bridgehead atoms. The fourth-order valence-corrected chi connectivity index (χ4v) is 1.75. The van der Waals surface area contributed by atoms with Crippen molar-refractivity contribution in [2.75, 3.05) is 6.61 Å². The van der Waals surface area contributed by atoms with Gasteiger partial charge in [-0.25, -0.2) is 0 Å². The van der Waals surface area contributed by atoms with Gasteiger partial charge in [0.05, 0.1) is 0 Å². The molecule has 0 unspecified atom stereocenters. The number of ether oxygens (including phenoxy) is 1. The number of benzene rings is 1. The molecule has 100 valence electrons. The zero-order chi connectivity index (χ0) is 14.4. The molecule has 0 aliphatic rings. The average Bonchev–Trinajstić information content (AvgIpc) is 2.47. The van der Waals surface area contributed by atoms with Gasteiger partial charge in [-0.2, -0.15) is 0 Å². The molecule has 0 aliphatic carbocycles. The fraction of sp³-hybridized carbons (Fsp3) is 0.143. The molecule has 0 atom stereocenters. The first kappa shape index (κ1) is 14.1.